The van der Waals surface area contributed by atoms with Crippen LogP contribution in [0.4, 0.5) is 8.78 Å². The second kappa shape index (κ2) is 4.65. The Morgan fingerprint density at radius 3 is 2.71 bits per heavy atom. The lowest BCUT2D eigenvalue weighted by atomic mass is 10.2. The first-order valence-corrected chi connectivity index (χ1v) is 4.61. The summed E-state index contributed by atoms with van der Waals surface area (Å²) in [5.41, 5.74) is 5.67. The molecule has 1 aromatic heterocycles. The largest absolute Gasteiger partial charge is 0.481 e. The van der Waals surface area contributed by atoms with Gasteiger partial charge in [0.2, 0.25) is 5.88 Å². The molecule has 1 heterocycles. The molecule has 0 aliphatic carbocycles. The van der Waals surface area contributed by atoms with Crippen LogP contribution in [-0.2, 0) is 6.54 Å². The van der Waals surface area contributed by atoms with E-state index in [1.54, 1.807) is 0 Å². The average molecular weight is 267 g/mol. The van der Waals surface area contributed by atoms with Crippen LogP contribution in [-0.4, -0.2) is 12.1 Å². The number of methoxy groups -OCH3 is 1. The molecule has 0 saturated carbocycles. The molecule has 78 valence electrons. The number of hydrogen-bond acceptors (Lipinski definition) is 3. The van der Waals surface area contributed by atoms with E-state index in [-0.39, 0.29) is 18.1 Å². The fourth-order valence-corrected chi connectivity index (χ4v) is 1.57. The molecular formula is C8H9BrF2N2O. The van der Waals surface area contributed by atoms with Crippen LogP contribution >= 0.6 is 15.9 Å². The van der Waals surface area contributed by atoms with E-state index in [0.717, 1.165) is 0 Å². The van der Waals surface area contributed by atoms with Crippen LogP contribution in [0.1, 0.15) is 17.7 Å². The quantitative estimate of drug-likeness (QED) is 0.913. The van der Waals surface area contributed by atoms with Crippen LogP contribution in [0.5, 0.6) is 5.88 Å². The third-order valence-corrected chi connectivity index (χ3v) is 2.38. The van der Waals surface area contributed by atoms with Gasteiger partial charge in [0, 0.05) is 16.6 Å². The monoisotopic (exact) mass is 266 g/mol. The van der Waals surface area contributed by atoms with Crippen LogP contribution in [0, 0.1) is 0 Å². The van der Waals surface area contributed by atoms with E-state index >= 15 is 0 Å². The first-order chi connectivity index (χ1) is 6.60. The maximum atomic E-state index is 12.3. The summed E-state index contributed by atoms with van der Waals surface area (Å²) in [6.07, 6.45) is -2.62. The molecule has 0 aromatic carbocycles. The Kier molecular flexibility index (Phi) is 3.77. The fraction of sp³-hybridized carbons (Fsp3) is 0.375. The highest BCUT2D eigenvalue weighted by atomic mass is 79.9. The van der Waals surface area contributed by atoms with Gasteiger partial charge >= 0.3 is 0 Å². The lowest BCUT2D eigenvalue weighted by molar-refractivity contribution is 0.145. The third-order valence-electron chi connectivity index (χ3n) is 1.67. The zero-order valence-corrected chi connectivity index (χ0v) is 9.01. The first kappa shape index (κ1) is 11.3. The molecular weight excluding hydrogens is 258 g/mol. The average Bonchev–Trinajstić information content (AvgIpc) is 2.16. The van der Waals surface area contributed by atoms with Crippen molar-refractivity contribution in [2.75, 3.05) is 7.11 Å². The highest BCUT2D eigenvalue weighted by Gasteiger charge is 2.15. The van der Waals surface area contributed by atoms with Crippen molar-refractivity contribution < 1.29 is 13.5 Å². The molecule has 0 bridgehead atoms. The van der Waals surface area contributed by atoms with Gasteiger partial charge in [-0.2, -0.15) is 0 Å². The Morgan fingerprint density at radius 1 is 1.64 bits per heavy atom. The molecule has 2 N–H and O–H groups in total. The van der Waals surface area contributed by atoms with Crippen LogP contribution in [0.3, 0.4) is 0 Å². The molecule has 0 atom stereocenters. The molecule has 0 aliphatic heterocycles. The van der Waals surface area contributed by atoms with E-state index in [4.69, 9.17) is 10.5 Å². The molecule has 1 aromatic rings. The van der Waals surface area contributed by atoms with E-state index in [0.29, 0.717) is 10.0 Å². The first-order valence-electron chi connectivity index (χ1n) is 3.81. The summed E-state index contributed by atoms with van der Waals surface area (Å²) in [5, 5.41) is 0. The van der Waals surface area contributed by atoms with Gasteiger partial charge in [-0.3, -0.25) is 0 Å². The minimum Gasteiger partial charge on any atom is -0.481 e. The molecule has 0 fully saturated rings. The van der Waals surface area contributed by atoms with Crippen LogP contribution in [0.15, 0.2) is 10.5 Å². The Labute approximate surface area is 88.4 Å². The second-order valence-corrected chi connectivity index (χ2v) is 3.38. The summed E-state index contributed by atoms with van der Waals surface area (Å²) in [6, 6.07) is 1.25. The van der Waals surface area contributed by atoms with Gasteiger partial charge in [0.15, 0.2) is 0 Å². The molecule has 0 radical (unpaired) electrons. The summed E-state index contributed by atoms with van der Waals surface area (Å²) < 4.78 is 30.0. The number of nitrogens with zero attached hydrogens (tertiary/aromatic N) is 1. The Hall–Kier alpha value is -0.750. The number of halogens is 3. The van der Waals surface area contributed by atoms with Crippen molar-refractivity contribution >= 4 is 15.9 Å². The normalized spacial score (nSPS) is 10.7. The van der Waals surface area contributed by atoms with Gasteiger partial charge in [0.1, 0.15) is 5.69 Å². The van der Waals surface area contributed by atoms with Gasteiger partial charge in [-0.15, -0.1) is 0 Å². The number of alkyl halides is 2. The number of nitrogens with two attached hydrogens (primary N) is 1. The van der Waals surface area contributed by atoms with Crippen molar-refractivity contribution in [3.63, 3.8) is 0 Å². The maximum Gasteiger partial charge on any atom is 0.280 e. The van der Waals surface area contributed by atoms with Gasteiger partial charge in [0.05, 0.1) is 7.11 Å². The van der Waals surface area contributed by atoms with Crippen molar-refractivity contribution in [2.45, 2.75) is 13.0 Å². The molecule has 1 rings (SSSR count). The lowest BCUT2D eigenvalue weighted by Crippen LogP contribution is -2.05. The molecule has 0 amide bonds. The Morgan fingerprint density at radius 2 is 2.29 bits per heavy atom. The second-order valence-electron chi connectivity index (χ2n) is 2.52. The van der Waals surface area contributed by atoms with Gasteiger partial charge in [0.25, 0.3) is 6.43 Å². The molecule has 14 heavy (non-hydrogen) atoms. The Bertz CT molecular complexity index is 333. The predicted molar refractivity (Wildman–Crippen MR) is 51.3 cm³/mol. The number of pyridine rings is 1. The van der Waals surface area contributed by atoms with Crippen molar-refractivity contribution in [3.05, 3.63) is 21.8 Å². The van der Waals surface area contributed by atoms with E-state index < -0.39 is 6.43 Å². The smallest absolute Gasteiger partial charge is 0.280 e. The molecule has 0 aliphatic rings. The zero-order chi connectivity index (χ0) is 10.7. The summed E-state index contributed by atoms with van der Waals surface area (Å²) >= 11 is 3.13. The Balaban J connectivity index is 3.24. The van der Waals surface area contributed by atoms with Crippen molar-refractivity contribution in [2.24, 2.45) is 5.73 Å². The SMILES string of the molecule is COc1nc(C(F)F)cc(Br)c1CN. The summed E-state index contributed by atoms with van der Waals surface area (Å²) in [4.78, 5) is 3.64. The summed E-state index contributed by atoms with van der Waals surface area (Å²) in [5.74, 6) is 0.136. The maximum absolute atomic E-state index is 12.3. The minimum atomic E-state index is -2.62. The highest BCUT2D eigenvalue weighted by Crippen LogP contribution is 2.29. The molecule has 0 unspecified atom stereocenters. The summed E-state index contributed by atoms with van der Waals surface area (Å²) in [6.45, 7) is 0.181. The number of aromatic nitrogens is 1. The van der Waals surface area contributed by atoms with E-state index in [1.165, 1.54) is 13.2 Å². The number of hydrogen-bond donors (Lipinski definition) is 1. The summed E-state index contributed by atoms with van der Waals surface area (Å²) in [7, 11) is 1.36. The minimum absolute atomic E-state index is 0.136. The lowest BCUT2D eigenvalue weighted by Gasteiger charge is -2.09. The number of rotatable bonds is 3. The van der Waals surface area contributed by atoms with Crippen LogP contribution in [0.2, 0.25) is 0 Å². The van der Waals surface area contributed by atoms with Crippen LogP contribution in [0.25, 0.3) is 0 Å². The standard InChI is InChI=1S/C8H9BrF2N2O/c1-14-8-4(3-12)5(9)2-6(13-8)7(10)11/h2,7H,3,12H2,1H3. The topological polar surface area (TPSA) is 48.1 Å². The van der Waals surface area contributed by atoms with Crippen molar-refractivity contribution in [3.8, 4) is 5.88 Å². The molecule has 6 heteroatoms. The highest BCUT2D eigenvalue weighted by molar-refractivity contribution is 9.10. The predicted octanol–water partition coefficient (Wildman–Crippen LogP) is 2.25. The van der Waals surface area contributed by atoms with Crippen LogP contribution < -0.4 is 10.5 Å². The van der Waals surface area contributed by atoms with Gasteiger partial charge in [-0.05, 0) is 6.07 Å². The van der Waals surface area contributed by atoms with Gasteiger partial charge in [-0.25, -0.2) is 13.8 Å². The van der Waals surface area contributed by atoms with Gasteiger partial charge < -0.3 is 10.5 Å². The molecule has 3 nitrogen and oxygen atoms in total. The zero-order valence-electron chi connectivity index (χ0n) is 7.43. The van der Waals surface area contributed by atoms with Crippen molar-refractivity contribution in [1.82, 2.24) is 4.98 Å². The van der Waals surface area contributed by atoms with Crippen molar-refractivity contribution in [1.29, 1.82) is 0 Å². The fourth-order valence-electron chi connectivity index (χ4n) is 1.00. The van der Waals surface area contributed by atoms with E-state index in [1.807, 2.05) is 0 Å². The molecule has 0 saturated heterocycles. The number of ether oxygens (including phenoxy) is 1. The van der Waals surface area contributed by atoms with Gasteiger partial charge in [-0.1, -0.05) is 15.9 Å². The van der Waals surface area contributed by atoms with E-state index in [2.05, 4.69) is 20.9 Å². The van der Waals surface area contributed by atoms with E-state index in [9.17, 15) is 8.78 Å². The molecule has 0 spiro atoms. The third kappa shape index (κ3) is 2.19.